The van der Waals surface area contributed by atoms with Gasteiger partial charge in [0.1, 0.15) is 11.3 Å². The van der Waals surface area contributed by atoms with Crippen molar-refractivity contribution in [2.45, 2.75) is 51.4 Å². The van der Waals surface area contributed by atoms with E-state index in [4.69, 9.17) is 4.74 Å². The number of ether oxygens (including phenoxy) is 1. The first-order chi connectivity index (χ1) is 9.26. The van der Waals surface area contributed by atoms with Gasteiger partial charge in [0.15, 0.2) is 0 Å². The van der Waals surface area contributed by atoms with Gasteiger partial charge in [-0.1, -0.05) is 0 Å². The highest BCUT2D eigenvalue weighted by molar-refractivity contribution is 5.84. The second-order valence-corrected chi connectivity index (χ2v) is 6.04. The number of aromatic nitrogens is 1. The number of carbonyl (C=O) groups excluding carboxylic acids is 1. The molecule has 2 N–H and O–H groups in total. The molecular weight excluding hydrogens is 260 g/mol. The average molecular weight is 280 g/mol. The third-order valence-electron chi connectivity index (χ3n) is 3.09. The zero-order chi connectivity index (χ0) is 14.9. The first-order valence-electron chi connectivity index (χ1n) is 6.65. The highest BCUT2D eigenvalue weighted by Gasteiger charge is 2.29. The number of aliphatic hydroxyl groups is 1. The summed E-state index contributed by atoms with van der Waals surface area (Å²) in [5, 5.41) is 11.8. The predicted octanol–water partition coefficient (Wildman–Crippen LogP) is 1.89. The number of hydrogen-bond acceptors (Lipinski definition) is 4. The summed E-state index contributed by atoms with van der Waals surface area (Å²) in [6.45, 7) is 5.27. The Morgan fingerprint density at radius 1 is 1.45 bits per heavy atom. The van der Waals surface area contributed by atoms with Crippen molar-refractivity contribution in [1.82, 2.24) is 4.57 Å². The van der Waals surface area contributed by atoms with Crippen LogP contribution in [0.1, 0.15) is 39.7 Å². The lowest BCUT2D eigenvalue weighted by Crippen LogP contribution is -2.37. The van der Waals surface area contributed by atoms with Crippen LogP contribution >= 0.6 is 0 Å². The monoisotopic (exact) mass is 280 g/mol. The van der Waals surface area contributed by atoms with E-state index < -0.39 is 11.7 Å². The maximum absolute atomic E-state index is 12.2. The van der Waals surface area contributed by atoms with Gasteiger partial charge in [0.25, 0.3) is 5.56 Å². The van der Waals surface area contributed by atoms with E-state index in [1.54, 1.807) is 37.6 Å². The lowest BCUT2D eigenvalue weighted by molar-refractivity contribution is 0.0470. The van der Waals surface area contributed by atoms with E-state index in [2.05, 4.69) is 5.32 Å². The van der Waals surface area contributed by atoms with Crippen molar-refractivity contribution < 1.29 is 14.6 Å². The normalized spacial score (nSPS) is 22.0. The topological polar surface area (TPSA) is 80.6 Å². The second-order valence-electron chi connectivity index (χ2n) is 6.04. The molecule has 0 radical (unpaired) electrons. The lowest BCUT2D eigenvalue weighted by Gasteiger charge is -2.33. The number of carbonyl (C=O) groups is 1. The first kappa shape index (κ1) is 14.6. The van der Waals surface area contributed by atoms with Gasteiger partial charge in [0.2, 0.25) is 0 Å². The van der Waals surface area contributed by atoms with Gasteiger partial charge in [-0.2, -0.15) is 0 Å². The Morgan fingerprint density at radius 2 is 2.10 bits per heavy atom. The number of rotatable bonds is 2. The van der Waals surface area contributed by atoms with Gasteiger partial charge >= 0.3 is 6.09 Å². The van der Waals surface area contributed by atoms with E-state index in [-0.39, 0.29) is 23.4 Å². The van der Waals surface area contributed by atoms with Gasteiger partial charge in [-0.15, -0.1) is 0 Å². The van der Waals surface area contributed by atoms with Crippen LogP contribution in [0.3, 0.4) is 0 Å². The van der Waals surface area contributed by atoms with Gasteiger partial charge in [-0.25, -0.2) is 4.79 Å². The van der Waals surface area contributed by atoms with Crippen molar-refractivity contribution in [1.29, 1.82) is 0 Å². The molecule has 1 aromatic heterocycles. The molecule has 0 aromatic carbocycles. The molecule has 1 aliphatic carbocycles. The number of nitrogens with zero attached hydrogens (tertiary/aromatic N) is 1. The smallest absolute Gasteiger partial charge is 0.412 e. The first-order valence-corrected chi connectivity index (χ1v) is 6.65. The number of pyridine rings is 1. The van der Waals surface area contributed by atoms with Crippen LogP contribution in [0.25, 0.3) is 0 Å². The Hall–Kier alpha value is -1.82. The van der Waals surface area contributed by atoms with Gasteiger partial charge in [0.05, 0.1) is 6.10 Å². The number of nitrogens with one attached hydrogen (secondary N) is 1. The predicted molar refractivity (Wildman–Crippen MR) is 74.8 cm³/mol. The van der Waals surface area contributed by atoms with E-state index in [1.165, 1.54) is 6.07 Å². The summed E-state index contributed by atoms with van der Waals surface area (Å²) in [6.07, 6.45) is 1.81. The van der Waals surface area contributed by atoms with E-state index in [0.717, 1.165) is 0 Å². The minimum absolute atomic E-state index is 0.00196. The van der Waals surface area contributed by atoms with Crippen LogP contribution in [-0.4, -0.2) is 27.5 Å². The standard InChI is InChI=1S/C14H20N2O4/c1-14(2,3)20-13(19)15-11-5-4-6-16(12(11)18)9-7-10(17)8-9/h4-6,9-10,17H,7-8H2,1-3H3,(H,15,19). The van der Waals surface area contributed by atoms with Gasteiger partial charge < -0.3 is 14.4 Å². The van der Waals surface area contributed by atoms with E-state index in [0.29, 0.717) is 12.8 Å². The molecule has 1 aliphatic rings. The molecule has 0 bridgehead atoms. The Kier molecular flexibility index (Phi) is 3.85. The van der Waals surface area contributed by atoms with E-state index >= 15 is 0 Å². The van der Waals surface area contributed by atoms with Crippen molar-refractivity contribution in [3.05, 3.63) is 28.7 Å². The fourth-order valence-electron chi connectivity index (χ4n) is 2.09. The summed E-state index contributed by atoms with van der Waals surface area (Å²) >= 11 is 0. The molecule has 1 fully saturated rings. The molecule has 1 aromatic rings. The Balaban J connectivity index is 2.11. The lowest BCUT2D eigenvalue weighted by atomic mass is 9.89. The zero-order valence-electron chi connectivity index (χ0n) is 11.9. The van der Waals surface area contributed by atoms with Crippen LogP contribution < -0.4 is 10.9 Å². The van der Waals surface area contributed by atoms with E-state index in [1.807, 2.05) is 0 Å². The molecule has 0 unspecified atom stereocenters. The van der Waals surface area contributed by atoms with Crippen molar-refractivity contribution in [3.8, 4) is 0 Å². The summed E-state index contributed by atoms with van der Waals surface area (Å²) < 4.78 is 6.66. The second kappa shape index (κ2) is 5.28. The van der Waals surface area contributed by atoms with Crippen LogP contribution in [0.2, 0.25) is 0 Å². The minimum Gasteiger partial charge on any atom is -0.444 e. The Bertz CT molecular complexity index is 553. The number of anilines is 1. The van der Waals surface area contributed by atoms with Crippen LogP contribution in [0.15, 0.2) is 23.1 Å². The van der Waals surface area contributed by atoms with Gasteiger partial charge in [-0.05, 0) is 45.7 Å². The molecule has 0 atom stereocenters. The van der Waals surface area contributed by atoms with Gasteiger partial charge in [-0.3, -0.25) is 10.1 Å². The highest BCUT2D eigenvalue weighted by atomic mass is 16.6. The molecule has 2 rings (SSSR count). The summed E-state index contributed by atoms with van der Waals surface area (Å²) in [5.41, 5.74) is -0.714. The molecule has 6 nitrogen and oxygen atoms in total. The van der Waals surface area contributed by atoms with Crippen LogP contribution in [-0.2, 0) is 4.74 Å². The number of amides is 1. The molecule has 110 valence electrons. The molecule has 0 saturated heterocycles. The molecule has 6 heteroatoms. The van der Waals surface area contributed by atoms with E-state index in [9.17, 15) is 14.7 Å². The number of aliphatic hydroxyl groups excluding tert-OH is 1. The molecule has 0 aliphatic heterocycles. The average Bonchev–Trinajstić information content (AvgIpc) is 2.26. The fraction of sp³-hybridized carbons (Fsp3) is 0.571. The van der Waals surface area contributed by atoms with Crippen LogP contribution in [0.4, 0.5) is 10.5 Å². The van der Waals surface area contributed by atoms with Crippen molar-refractivity contribution in [2.24, 2.45) is 0 Å². The Morgan fingerprint density at radius 3 is 2.65 bits per heavy atom. The maximum Gasteiger partial charge on any atom is 0.412 e. The Labute approximate surface area is 117 Å². The molecule has 1 heterocycles. The fourth-order valence-corrected chi connectivity index (χ4v) is 2.09. The zero-order valence-corrected chi connectivity index (χ0v) is 11.9. The number of hydrogen-bond donors (Lipinski definition) is 2. The van der Waals surface area contributed by atoms with Crippen LogP contribution in [0.5, 0.6) is 0 Å². The van der Waals surface area contributed by atoms with Crippen molar-refractivity contribution in [3.63, 3.8) is 0 Å². The third-order valence-corrected chi connectivity index (χ3v) is 3.09. The third kappa shape index (κ3) is 3.39. The molecule has 1 amide bonds. The molecule has 1 saturated carbocycles. The van der Waals surface area contributed by atoms with Crippen molar-refractivity contribution >= 4 is 11.8 Å². The molecular formula is C14H20N2O4. The SMILES string of the molecule is CC(C)(C)OC(=O)Nc1cccn(C2CC(O)C2)c1=O. The summed E-state index contributed by atoms with van der Waals surface area (Å²) in [4.78, 5) is 23.9. The molecule has 20 heavy (non-hydrogen) atoms. The summed E-state index contributed by atoms with van der Waals surface area (Å²) in [5.74, 6) is 0. The van der Waals surface area contributed by atoms with Gasteiger partial charge in [0, 0.05) is 12.2 Å². The largest absolute Gasteiger partial charge is 0.444 e. The summed E-state index contributed by atoms with van der Waals surface area (Å²) in [7, 11) is 0. The molecule has 0 spiro atoms. The quantitative estimate of drug-likeness (QED) is 0.867. The highest BCUT2D eigenvalue weighted by Crippen LogP contribution is 2.30. The van der Waals surface area contributed by atoms with Crippen LogP contribution in [0, 0.1) is 0 Å². The summed E-state index contributed by atoms with van der Waals surface area (Å²) in [6, 6.07) is 3.23. The van der Waals surface area contributed by atoms with Crippen molar-refractivity contribution in [2.75, 3.05) is 5.32 Å². The maximum atomic E-state index is 12.2. The minimum atomic E-state index is -0.652.